The van der Waals surface area contributed by atoms with E-state index in [-0.39, 0.29) is 13.2 Å². The van der Waals surface area contributed by atoms with Crippen molar-refractivity contribution in [3.05, 3.63) is 0 Å². The standard InChI is InChI=1S/C10H23NO6/c11-10(13)9-17-8-7-16-6-5-15-4-3-14-2-1-12/h10,12-13H,1-9,11H2. The highest BCUT2D eigenvalue weighted by atomic mass is 16.6. The van der Waals surface area contributed by atoms with Crippen LogP contribution in [0.25, 0.3) is 0 Å². The fourth-order valence-electron chi connectivity index (χ4n) is 0.928. The van der Waals surface area contributed by atoms with Gasteiger partial charge in [0.25, 0.3) is 0 Å². The van der Waals surface area contributed by atoms with Gasteiger partial charge in [0, 0.05) is 0 Å². The largest absolute Gasteiger partial charge is 0.394 e. The highest BCUT2D eigenvalue weighted by molar-refractivity contribution is 4.39. The first-order valence-corrected chi connectivity index (χ1v) is 5.63. The van der Waals surface area contributed by atoms with Crippen molar-refractivity contribution in [2.24, 2.45) is 5.73 Å². The summed E-state index contributed by atoms with van der Waals surface area (Å²) in [4.78, 5) is 0. The summed E-state index contributed by atoms with van der Waals surface area (Å²) in [5.74, 6) is 0. The quantitative estimate of drug-likeness (QED) is 0.266. The number of nitrogens with two attached hydrogens (primary N) is 1. The first-order valence-electron chi connectivity index (χ1n) is 5.63. The molecule has 1 atom stereocenters. The van der Waals surface area contributed by atoms with Gasteiger partial charge in [-0.3, -0.25) is 0 Å². The van der Waals surface area contributed by atoms with E-state index >= 15 is 0 Å². The molecule has 0 fully saturated rings. The van der Waals surface area contributed by atoms with Gasteiger partial charge >= 0.3 is 0 Å². The smallest absolute Gasteiger partial charge is 0.126 e. The Kier molecular flexibility index (Phi) is 13.6. The molecule has 0 saturated heterocycles. The number of ether oxygens (including phenoxy) is 4. The summed E-state index contributed by atoms with van der Waals surface area (Å²) >= 11 is 0. The molecule has 0 aromatic carbocycles. The molecule has 0 bridgehead atoms. The zero-order chi connectivity index (χ0) is 12.8. The van der Waals surface area contributed by atoms with E-state index in [2.05, 4.69) is 0 Å². The highest BCUT2D eigenvalue weighted by Gasteiger charge is 1.95. The number of hydrogen-bond acceptors (Lipinski definition) is 7. The molecule has 0 heterocycles. The Labute approximate surface area is 101 Å². The highest BCUT2D eigenvalue weighted by Crippen LogP contribution is 1.83. The van der Waals surface area contributed by atoms with Crippen LogP contribution in [0.3, 0.4) is 0 Å². The molecule has 7 heteroatoms. The van der Waals surface area contributed by atoms with Crippen molar-refractivity contribution in [3.63, 3.8) is 0 Å². The van der Waals surface area contributed by atoms with Crippen molar-refractivity contribution < 1.29 is 29.2 Å². The Morgan fingerprint density at radius 1 is 0.765 bits per heavy atom. The first kappa shape index (κ1) is 16.7. The van der Waals surface area contributed by atoms with Crippen molar-refractivity contribution in [2.45, 2.75) is 6.23 Å². The zero-order valence-electron chi connectivity index (χ0n) is 10.0. The minimum Gasteiger partial charge on any atom is -0.394 e. The van der Waals surface area contributed by atoms with E-state index in [9.17, 15) is 0 Å². The average molecular weight is 253 g/mol. The first-order chi connectivity index (χ1) is 8.27. The molecule has 104 valence electrons. The van der Waals surface area contributed by atoms with Gasteiger partial charge < -0.3 is 34.9 Å². The van der Waals surface area contributed by atoms with Crippen molar-refractivity contribution in [1.82, 2.24) is 0 Å². The van der Waals surface area contributed by atoms with E-state index in [1.54, 1.807) is 0 Å². The molecule has 1 unspecified atom stereocenters. The van der Waals surface area contributed by atoms with Crippen molar-refractivity contribution in [2.75, 3.05) is 59.5 Å². The predicted octanol–water partition coefficient (Wildman–Crippen LogP) is -1.68. The van der Waals surface area contributed by atoms with Gasteiger partial charge in [-0.25, -0.2) is 0 Å². The van der Waals surface area contributed by atoms with E-state index in [0.717, 1.165) is 0 Å². The second kappa shape index (κ2) is 13.8. The summed E-state index contributed by atoms with van der Waals surface area (Å²) in [6.07, 6.45) is -0.933. The van der Waals surface area contributed by atoms with Crippen LogP contribution in [0.1, 0.15) is 0 Å². The lowest BCUT2D eigenvalue weighted by Crippen LogP contribution is -2.26. The topological polar surface area (TPSA) is 103 Å². The van der Waals surface area contributed by atoms with Gasteiger partial charge in [-0.05, 0) is 0 Å². The van der Waals surface area contributed by atoms with Crippen molar-refractivity contribution in [1.29, 1.82) is 0 Å². The van der Waals surface area contributed by atoms with E-state index in [4.69, 9.17) is 34.9 Å². The van der Waals surface area contributed by atoms with Crippen LogP contribution in [0.4, 0.5) is 0 Å². The number of aliphatic hydroxyl groups excluding tert-OH is 2. The van der Waals surface area contributed by atoms with Crippen molar-refractivity contribution in [3.8, 4) is 0 Å². The fourth-order valence-corrected chi connectivity index (χ4v) is 0.928. The summed E-state index contributed by atoms with van der Waals surface area (Å²) in [5.41, 5.74) is 5.07. The minimum atomic E-state index is -0.933. The Bertz CT molecular complexity index is 147. The molecule has 0 amide bonds. The van der Waals surface area contributed by atoms with Gasteiger partial charge in [0.2, 0.25) is 0 Å². The van der Waals surface area contributed by atoms with Gasteiger partial charge in [-0.1, -0.05) is 0 Å². The van der Waals surface area contributed by atoms with Crippen LogP contribution in [0.5, 0.6) is 0 Å². The molecule has 0 aromatic rings. The van der Waals surface area contributed by atoms with E-state index < -0.39 is 6.23 Å². The predicted molar refractivity (Wildman–Crippen MR) is 60.6 cm³/mol. The van der Waals surface area contributed by atoms with Crippen molar-refractivity contribution >= 4 is 0 Å². The SMILES string of the molecule is NC(O)COCCOCCOCCOCCO. The van der Waals surface area contributed by atoms with E-state index in [1.807, 2.05) is 0 Å². The molecule has 0 aliphatic carbocycles. The molecule has 4 N–H and O–H groups in total. The van der Waals surface area contributed by atoms with Gasteiger partial charge in [0.15, 0.2) is 0 Å². The average Bonchev–Trinajstić information content (AvgIpc) is 2.30. The molecule has 0 saturated carbocycles. The van der Waals surface area contributed by atoms with Crippen LogP contribution < -0.4 is 5.73 Å². The zero-order valence-corrected chi connectivity index (χ0v) is 10.0. The summed E-state index contributed by atoms with van der Waals surface area (Å²) in [6.45, 7) is 3.24. The van der Waals surface area contributed by atoms with Gasteiger partial charge in [-0.15, -0.1) is 0 Å². The van der Waals surface area contributed by atoms with Gasteiger partial charge in [0.05, 0.1) is 59.5 Å². The van der Waals surface area contributed by atoms with Gasteiger partial charge in [0.1, 0.15) is 6.23 Å². The number of hydrogen-bond donors (Lipinski definition) is 3. The maximum atomic E-state index is 8.68. The normalized spacial score (nSPS) is 12.9. The molecule has 0 aliphatic rings. The third-order valence-electron chi connectivity index (χ3n) is 1.64. The summed E-state index contributed by atoms with van der Waals surface area (Å²) in [7, 11) is 0. The third-order valence-corrected chi connectivity index (χ3v) is 1.64. The summed E-state index contributed by atoms with van der Waals surface area (Å²) < 4.78 is 20.4. The lowest BCUT2D eigenvalue weighted by Gasteiger charge is -2.07. The Balaban J connectivity index is 2.89. The van der Waals surface area contributed by atoms with Crippen LogP contribution in [-0.2, 0) is 18.9 Å². The summed E-state index contributed by atoms with van der Waals surface area (Å²) in [5, 5.41) is 17.1. The summed E-state index contributed by atoms with van der Waals surface area (Å²) in [6, 6.07) is 0. The maximum absolute atomic E-state index is 8.68. The monoisotopic (exact) mass is 253 g/mol. The minimum absolute atomic E-state index is 0.0284. The Morgan fingerprint density at radius 2 is 1.18 bits per heavy atom. The Hall–Kier alpha value is -0.280. The molecule has 0 aliphatic heterocycles. The van der Waals surface area contributed by atoms with Crippen LogP contribution >= 0.6 is 0 Å². The number of rotatable bonds is 13. The molecule has 17 heavy (non-hydrogen) atoms. The second-order valence-electron chi connectivity index (χ2n) is 3.20. The lowest BCUT2D eigenvalue weighted by atomic mass is 10.6. The number of aliphatic hydroxyl groups is 2. The molecule has 7 nitrogen and oxygen atoms in total. The molecular weight excluding hydrogens is 230 g/mol. The fraction of sp³-hybridized carbons (Fsp3) is 1.00. The van der Waals surface area contributed by atoms with Crippen LogP contribution in [-0.4, -0.2) is 75.9 Å². The Morgan fingerprint density at radius 3 is 1.59 bits per heavy atom. The van der Waals surface area contributed by atoms with Crippen LogP contribution in [0, 0.1) is 0 Å². The second-order valence-corrected chi connectivity index (χ2v) is 3.20. The molecule has 0 rings (SSSR count). The molecule has 0 aromatic heterocycles. The van der Waals surface area contributed by atoms with Crippen LogP contribution in [0.2, 0.25) is 0 Å². The maximum Gasteiger partial charge on any atom is 0.126 e. The molecular formula is C10H23NO6. The third kappa shape index (κ3) is 15.7. The van der Waals surface area contributed by atoms with E-state index in [1.165, 1.54) is 0 Å². The molecule has 0 radical (unpaired) electrons. The molecule has 0 spiro atoms. The lowest BCUT2D eigenvalue weighted by molar-refractivity contribution is -0.0175. The van der Waals surface area contributed by atoms with Gasteiger partial charge in [-0.2, -0.15) is 0 Å². The van der Waals surface area contributed by atoms with Crippen LogP contribution in [0.15, 0.2) is 0 Å². The van der Waals surface area contributed by atoms with E-state index in [0.29, 0.717) is 46.2 Å².